The number of pyridine rings is 1. The minimum absolute atomic E-state index is 0.0907. The van der Waals surface area contributed by atoms with Crippen LogP contribution < -0.4 is 52.0 Å². The summed E-state index contributed by atoms with van der Waals surface area (Å²) in [5, 5.41) is 36.9. The molecule has 4 fully saturated rings. The summed E-state index contributed by atoms with van der Waals surface area (Å²) >= 11 is 0. The van der Waals surface area contributed by atoms with E-state index in [4.69, 9.17) is 30.8 Å². The van der Waals surface area contributed by atoms with Gasteiger partial charge in [-0.1, -0.05) is 18.6 Å². The van der Waals surface area contributed by atoms with Crippen LogP contribution in [0.4, 0.5) is 45.2 Å². The van der Waals surface area contributed by atoms with E-state index in [-0.39, 0.29) is 50.3 Å². The van der Waals surface area contributed by atoms with Crippen molar-refractivity contribution in [3.63, 3.8) is 0 Å². The van der Waals surface area contributed by atoms with E-state index in [9.17, 15) is 41.8 Å². The van der Waals surface area contributed by atoms with E-state index in [1.165, 1.54) is 12.1 Å². The summed E-state index contributed by atoms with van der Waals surface area (Å²) in [6.45, 7) is 8.25. The van der Waals surface area contributed by atoms with E-state index < -0.39 is 53.2 Å². The number of primary amides is 1. The van der Waals surface area contributed by atoms with Gasteiger partial charge >= 0.3 is 24.1 Å². The molecule has 398 valence electrons. The first-order valence-corrected chi connectivity index (χ1v) is 24.2. The van der Waals surface area contributed by atoms with Gasteiger partial charge in [-0.3, -0.25) is 19.3 Å². The predicted molar refractivity (Wildman–Crippen MR) is 263 cm³/mol. The van der Waals surface area contributed by atoms with Crippen molar-refractivity contribution in [2.75, 3.05) is 73.3 Å². The molecule has 3 aliphatic heterocycles. The lowest BCUT2D eigenvalue weighted by molar-refractivity contribution is -0.192. The minimum Gasteiger partial charge on any atom is -0.488 e. The van der Waals surface area contributed by atoms with E-state index in [2.05, 4.69) is 58.1 Å². The highest BCUT2D eigenvalue weighted by Crippen LogP contribution is 2.42. The molecule has 2 aromatic heterocycles. The Kier molecular flexibility index (Phi) is 17.6. The Bertz CT molecular complexity index is 2630. The number of halogens is 4. The lowest BCUT2D eigenvalue weighted by Gasteiger charge is -2.43. The number of aliphatic carboxylic acids is 2. The molecule has 3 unspecified atom stereocenters. The quantitative estimate of drug-likeness (QED) is 0.0372. The average Bonchev–Trinajstić information content (AvgIpc) is 3.61. The molecule has 4 amide bonds. The monoisotopic (exact) mass is 1040 g/mol. The summed E-state index contributed by atoms with van der Waals surface area (Å²) in [5.74, 6) is -4.46. The maximum absolute atomic E-state index is 14.9. The van der Waals surface area contributed by atoms with Crippen molar-refractivity contribution in [3.05, 3.63) is 78.2 Å². The maximum Gasteiger partial charge on any atom is 0.490 e. The number of ether oxygens (including phenoxy) is 2. The Balaban J connectivity index is 0.00000107. The summed E-state index contributed by atoms with van der Waals surface area (Å²) in [4.78, 5) is 70.2. The van der Waals surface area contributed by atoms with Crippen LogP contribution in [0.2, 0.25) is 0 Å². The van der Waals surface area contributed by atoms with Crippen molar-refractivity contribution < 1.29 is 61.2 Å². The summed E-state index contributed by atoms with van der Waals surface area (Å²) in [5.41, 5.74) is 13.8. The second-order valence-corrected chi connectivity index (χ2v) is 18.6. The Morgan fingerprint density at radius 2 is 1.69 bits per heavy atom. The fraction of sp³-hybridized carbons (Fsp3) is 0.469. The van der Waals surface area contributed by atoms with Crippen molar-refractivity contribution in [1.29, 1.82) is 0 Å². The number of carboxylic acid groups (broad SMARTS) is 2. The molecule has 5 heterocycles. The number of amides is 4. The molecule has 3 saturated heterocycles. The second-order valence-electron chi connectivity index (χ2n) is 18.6. The van der Waals surface area contributed by atoms with Crippen LogP contribution in [-0.2, 0) is 25.8 Å². The molecule has 10 N–H and O–H groups in total. The molecule has 2 aromatic carbocycles. The normalized spacial score (nSPS) is 19.4. The summed E-state index contributed by atoms with van der Waals surface area (Å²) in [6.07, 6.45) is 0.126. The molecule has 1 saturated carbocycles. The number of nitrogens with two attached hydrogens (primary N) is 2. The number of fused-ring (bicyclic) bond motifs is 2. The number of urea groups is 1. The highest BCUT2D eigenvalue weighted by Gasteiger charge is 2.52. The number of anilines is 4. The van der Waals surface area contributed by atoms with Crippen molar-refractivity contribution in [2.45, 2.75) is 88.8 Å². The molecule has 4 aromatic rings. The number of carbonyl (C=O) groups excluding carboxylic acids is 3. The molecule has 1 aliphatic carbocycles. The van der Waals surface area contributed by atoms with Crippen LogP contribution in [0.3, 0.4) is 0 Å². The maximum atomic E-state index is 14.9. The molecule has 4 aliphatic rings. The number of nitrogens with one attached hydrogen (secondary N) is 4. The second kappa shape index (κ2) is 24.0. The number of aromatic nitrogens is 3. The van der Waals surface area contributed by atoms with Crippen LogP contribution in [0.1, 0.15) is 57.4 Å². The van der Waals surface area contributed by atoms with Gasteiger partial charge in [-0.2, -0.15) is 13.2 Å². The van der Waals surface area contributed by atoms with Crippen LogP contribution in [-0.4, -0.2) is 143 Å². The summed E-state index contributed by atoms with van der Waals surface area (Å²) < 4.78 is 59.0. The van der Waals surface area contributed by atoms with Crippen molar-refractivity contribution in [1.82, 2.24) is 36.0 Å². The molecular formula is C49H60F4N12O9. The van der Waals surface area contributed by atoms with Crippen molar-refractivity contribution in [2.24, 2.45) is 11.1 Å². The molecule has 25 heteroatoms. The number of piperazine rings is 2. The van der Waals surface area contributed by atoms with Gasteiger partial charge in [-0.25, -0.2) is 19.0 Å². The Morgan fingerprint density at radius 3 is 2.32 bits per heavy atom. The molecule has 74 heavy (non-hydrogen) atoms. The number of carboxylic acids is 2. The van der Waals surface area contributed by atoms with Gasteiger partial charge in [0.05, 0.1) is 11.4 Å². The Morgan fingerprint density at radius 1 is 0.973 bits per heavy atom. The number of nitrogens with zero attached hydrogens (tertiary/aromatic N) is 6. The van der Waals surface area contributed by atoms with Gasteiger partial charge in [0.1, 0.15) is 36.2 Å². The molecular weight excluding hydrogens is 977 g/mol. The fourth-order valence-electron chi connectivity index (χ4n) is 9.47. The molecule has 21 nitrogen and oxygen atoms in total. The van der Waals surface area contributed by atoms with E-state index in [1.807, 2.05) is 24.4 Å². The van der Waals surface area contributed by atoms with Gasteiger partial charge in [0, 0.05) is 93.1 Å². The third-order valence-corrected chi connectivity index (χ3v) is 13.6. The van der Waals surface area contributed by atoms with Crippen LogP contribution in [0.5, 0.6) is 11.6 Å². The number of hydrogen-bond acceptors (Lipinski definition) is 15. The fourth-order valence-corrected chi connectivity index (χ4v) is 9.47. The van der Waals surface area contributed by atoms with Crippen molar-refractivity contribution >= 4 is 52.7 Å². The number of carbonyl (C=O) groups is 5. The SMILES string of the molecule is CC1CNCCN1CCOc1cc(N2C3CCC2CN(c2cc(-c4cc(F)ccc4OCc4ccc(NC(=O)[C@H](CCCNC(N)=O)NC(=O)C5(C(=O)O)CCC5)cc4)nnc2N)C3)ccn1.O=C(O)C(F)(F)F. The highest BCUT2D eigenvalue weighted by molar-refractivity contribution is 6.05. The molecule has 4 atom stereocenters. The van der Waals surface area contributed by atoms with Gasteiger partial charge < -0.3 is 62.2 Å². The van der Waals surface area contributed by atoms with Crippen LogP contribution in [0, 0.1) is 11.2 Å². The van der Waals surface area contributed by atoms with Crippen LogP contribution in [0.25, 0.3) is 11.3 Å². The van der Waals surface area contributed by atoms with E-state index in [0.29, 0.717) is 72.8 Å². The first-order valence-electron chi connectivity index (χ1n) is 24.2. The summed E-state index contributed by atoms with van der Waals surface area (Å²) in [7, 11) is 0. The topological polar surface area (TPSA) is 293 Å². The van der Waals surface area contributed by atoms with Crippen LogP contribution >= 0.6 is 0 Å². The number of rotatable bonds is 19. The van der Waals surface area contributed by atoms with Crippen molar-refractivity contribution in [3.8, 4) is 22.9 Å². The van der Waals surface area contributed by atoms with Gasteiger partial charge in [0.25, 0.3) is 0 Å². The zero-order chi connectivity index (χ0) is 53.2. The van der Waals surface area contributed by atoms with E-state index in [0.717, 1.165) is 50.3 Å². The minimum atomic E-state index is -5.08. The molecule has 0 radical (unpaired) electrons. The standard InChI is InChI=1S/C47H59FN12O7.C2HF3O2/c1-29-25-51-18-19-58(29)20-21-66-41-23-33(13-17-52-41)60-34-10-11-35(60)27-59(26-34)39-24-38(56-57-42(39)49)36-22-31(48)7-12-40(36)67-28-30-5-8-32(9-6-30)54-43(61)37(4-2-16-53-46(50)65)55-44(62)47(45(63)64)14-3-15-47;3-2(4,5)1(6)7/h5-9,12-13,17,22-24,29,34-35,37,51H,2-4,10-11,14-16,18-21,25-28H2,1H3,(H2,49,57)(H,54,61)(H,55,62)(H,63,64)(H3,50,53,65);(H,6,7)/t29?,34?,35?,37-;/m0./s1. The summed E-state index contributed by atoms with van der Waals surface area (Å²) in [6, 6.07) is 16.1. The molecule has 8 rings (SSSR count). The largest absolute Gasteiger partial charge is 0.490 e. The smallest absolute Gasteiger partial charge is 0.488 e. The van der Waals surface area contributed by atoms with E-state index >= 15 is 0 Å². The lowest BCUT2D eigenvalue weighted by Crippen LogP contribution is -2.55. The Labute approximate surface area is 423 Å². The third-order valence-electron chi connectivity index (χ3n) is 13.6. The van der Waals surface area contributed by atoms with Gasteiger partial charge in [0.2, 0.25) is 17.7 Å². The average molecular weight is 1040 g/mol. The zero-order valence-corrected chi connectivity index (χ0v) is 40.6. The van der Waals surface area contributed by atoms with Crippen LogP contribution in [0.15, 0.2) is 66.9 Å². The predicted octanol–water partition coefficient (Wildman–Crippen LogP) is 4.13. The third kappa shape index (κ3) is 13.5. The molecule has 0 spiro atoms. The Hall–Kier alpha value is -7.54. The number of hydrogen-bond donors (Lipinski definition) is 8. The van der Waals surface area contributed by atoms with Gasteiger partial charge in [-0.15, -0.1) is 10.2 Å². The highest BCUT2D eigenvalue weighted by atomic mass is 19.4. The first-order chi connectivity index (χ1) is 35.3. The number of nitrogen functional groups attached to an aromatic ring is 1. The first kappa shape index (κ1) is 54.2. The van der Waals surface area contributed by atoms with Gasteiger partial charge in [-0.05, 0) is 93.5 Å². The number of benzene rings is 2. The zero-order valence-electron chi connectivity index (χ0n) is 40.6. The lowest BCUT2D eigenvalue weighted by atomic mass is 9.68. The number of alkyl halides is 3. The van der Waals surface area contributed by atoms with Gasteiger partial charge in [0.15, 0.2) is 5.82 Å². The van der Waals surface area contributed by atoms with E-state index in [1.54, 1.807) is 30.3 Å². The molecule has 2 bridgehead atoms.